The molecule has 1 fully saturated rings. The zero-order valence-electron chi connectivity index (χ0n) is 14.9. The van der Waals surface area contributed by atoms with Gasteiger partial charge in [0.2, 0.25) is 15.9 Å². The second kappa shape index (κ2) is 8.64. The van der Waals surface area contributed by atoms with E-state index in [0.717, 1.165) is 0 Å². The van der Waals surface area contributed by atoms with E-state index < -0.39 is 10.0 Å². The van der Waals surface area contributed by atoms with Gasteiger partial charge in [0.1, 0.15) is 5.75 Å². The van der Waals surface area contributed by atoms with E-state index in [2.05, 4.69) is 4.72 Å². The first-order valence-corrected chi connectivity index (χ1v) is 9.96. The Morgan fingerprint density at radius 1 is 1.24 bits per heavy atom. The molecule has 1 saturated heterocycles. The maximum Gasteiger partial charge on any atom is 0.240 e. The lowest BCUT2D eigenvalue weighted by molar-refractivity contribution is -0.143. The summed E-state index contributed by atoms with van der Waals surface area (Å²) >= 11 is 0. The van der Waals surface area contributed by atoms with Gasteiger partial charge in [-0.15, -0.1) is 0 Å². The van der Waals surface area contributed by atoms with Crippen LogP contribution in [-0.4, -0.2) is 57.7 Å². The fourth-order valence-electron chi connectivity index (χ4n) is 2.80. The van der Waals surface area contributed by atoms with Gasteiger partial charge in [-0.25, -0.2) is 13.1 Å². The fraction of sp³-hybridized carbons (Fsp3) is 0.588. The molecule has 1 heterocycles. The van der Waals surface area contributed by atoms with Gasteiger partial charge in [0.25, 0.3) is 0 Å². The lowest BCUT2D eigenvalue weighted by Gasteiger charge is -2.35. The number of amides is 1. The van der Waals surface area contributed by atoms with Crippen molar-refractivity contribution in [3.63, 3.8) is 0 Å². The molecule has 0 unspecified atom stereocenters. The first-order chi connectivity index (χ1) is 11.8. The van der Waals surface area contributed by atoms with Crippen molar-refractivity contribution in [1.29, 1.82) is 0 Å². The zero-order chi connectivity index (χ0) is 18.4. The molecule has 140 valence electrons. The molecule has 0 aromatic heterocycles. The first-order valence-electron chi connectivity index (χ1n) is 8.47. The number of rotatable bonds is 7. The number of sulfonamides is 1. The van der Waals surface area contributed by atoms with Crippen LogP contribution in [0.3, 0.4) is 0 Å². The molecule has 0 radical (unpaired) electrons. The summed E-state index contributed by atoms with van der Waals surface area (Å²) in [6.45, 7) is 7.36. The largest absolute Gasteiger partial charge is 0.494 e. The van der Waals surface area contributed by atoms with E-state index in [1.165, 1.54) is 12.1 Å². The van der Waals surface area contributed by atoms with Crippen molar-refractivity contribution in [2.45, 2.75) is 44.3 Å². The molecule has 0 bridgehead atoms. The minimum Gasteiger partial charge on any atom is -0.494 e. The SMILES string of the molecule is CCOc1ccc(S(=O)(=O)NCCC(=O)N2C[C@@H](C)O[C@@H](C)C2)cc1. The molecule has 1 amide bonds. The predicted octanol–water partition coefficient (Wildman–Crippen LogP) is 1.39. The van der Waals surface area contributed by atoms with E-state index in [9.17, 15) is 13.2 Å². The smallest absolute Gasteiger partial charge is 0.240 e. The maximum atomic E-state index is 12.3. The summed E-state index contributed by atoms with van der Waals surface area (Å²) in [7, 11) is -3.64. The molecule has 7 nitrogen and oxygen atoms in total. The molecular weight excluding hydrogens is 344 g/mol. The van der Waals surface area contributed by atoms with Crippen LogP contribution in [0.15, 0.2) is 29.2 Å². The third kappa shape index (κ3) is 5.69. The number of hydrogen-bond donors (Lipinski definition) is 1. The molecule has 1 aliphatic rings. The van der Waals surface area contributed by atoms with Gasteiger partial charge >= 0.3 is 0 Å². The highest BCUT2D eigenvalue weighted by molar-refractivity contribution is 7.89. The highest BCUT2D eigenvalue weighted by Crippen LogP contribution is 2.16. The van der Waals surface area contributed by atoms with Crippen LogP contribution in [0.5, 0.6) is 5.75 Å². The quantitative estimate of drug-likeness (QED) is 0.784. The molecular formula is C17H26N2O5S. The van der Waals surface area contributed by atoms with Crippen molar-refractivity contribution in [3.05, 3.63) is 24.3 Å². The van der Waals surface area contributed by atoms with Gasteiger partial charge in [-0.3, -0.25) is 4.79 Å². The highest BCUT2D eigenvalue weighted by atomic mass is 32.2. The number of ether oxygens (including phenoxy) is 2. The second-order valence-electron chi connectivity index (χ2n) is 6.11. The van der Waals surface area contributed by atoms with Crippen LogP contribution in [0.25, 0.3) is 0 Å². The number of nitrogens with one attached hydrogen (secondary N) is 1. The highest BCUT2D eigenvalue weighted by Gasteiger charge is 2.25. The fourth-order valence-corrected chi connectivity index (χ4v) is 3.83. The van der Waals surface area contributed by atoms with E-state index >= 15 is 0 Å². The summed E-state index contributed by atoms with van der Waals surface area (Å²) in [6.07, 6.45) is 0.108. The van der Waals surface area contributed by atoms with Crippen LogP contribution in [0.4, 0.5) is 0 Å². The van der Waals surface area contributed by atoms with Crippen molar-refractivity contribution in [3.8, 4) is 5.75 Å². The predicted molar refractivity (Wildman–Crippen MR) is 94.0 cm³/mol. The summed E-state index contributed by atoms with van der Waals surface area (Å²) in [5, 5.41) is 0. The third-order valence-electron chi connectivity index (χ3n) is 3.85. The van der Waals surface area contributed by atoms with Crippen LogP contribution in [0, 0.1) is 0 Å². The average Bonchev–Trinajstić information content (AvgIpc) is 2.54. The molecule has 1 aromatic carbocycles. The van der Waals surface area contributed by atoms with Crippen LogP contribution < -0.4 is 9.46 Å². The Bertz CT molecular complexity index is 665. The molecule has 2 rings (SSSR count). The Morgan fingerprint density at radius 3 is 2.40 bits per heavy atom. The van der Waals surface area contributed by atoms with Crippen molar-refractivity contribution in [2.75, 3.05) is 26.2 Å². The van der Waals surface area contributed by atoms with Gasteiger partial charge in [-0.2, -0.15) is 0 Å². The van der Waals surface area contributed by atoms with Gasteiger partial charge in [-0.1, -0.05) is 0 Å². The zero-order valence-corrected chi connectivity index (χ0v) is 15.7. The summed E-state index contributed by atoms with van der Waals surface area (Å²) in [6, 6.07) is 6.19. The number of morpholine rings is 1. The lowest BCUT2D eigenvalue weighted by Crippen LogP contribution is -2.48. The standard InChI is InChI=1S/C17H26N2O5S/c1-4-23-15-5-7-16(8-6-15)25(21,22)18-10-9-17(20)19-11-13(2)24-14(3)12-19/h5-8,13-14,18H,4,9-12H2,1-3H3/t13-,14+. The molecule has 1 aromatic rings. The average molecular weight is 370 g/mol. The molecule has 8 heteroatoms. The van der Waals surface area contributed by atoms with E-state index in [4.69, 9.17) is 9.47 Å². The van der Waals surface area contributed by atoms with Gasteiger partial charge in [0.15, 0.2) is 0 Å². The molecule has 0 aliphatic carbocycles. The Kier molecular flexibility index (Phi) is 6.80. The van der Waals surface area contributed by atoms with Gasteiger partial charge < -0.3 is 14.4 Å². The molecule has 2 atom stereocenters. The summed E-state index contributed by atoms with van der Waals surface area (Å²) in [4.78, 5) is 14.1. The van der Waals surface area contributed by atoms with E-state index in [1.807, 2.05) is 20.8 Å². The number of nitrogens with zero attached hydrogens (tertiary/aromatic N) is 1. The normalized spacial score (nSPS) is 21.2. The van der Waals surface area contributed by atoms with Gasteiger partial charge in [0, 0.05) is 26.1 Å². The number of benzene rings is 1. The molecule has 0 spiro atoms. The Hall–Kier alpha value is -1.64. The van der Waals surface area contributed by atoms with E-state index in [-0.39, 0.29) is 36.0 Å². The first kappa shape index (κ1) is 19.7. The molecule has 1 N–H and O–H groups in total. The number of carbonyl (C=O) groups excluding carboxylic acids is 1. The summed E-state index contributed by atoms with van der Waals surface area (Å²) in [5.41, 5.74) is 0. The Labute approximate surface area is 149 Å². The summed E-state index contributed by atoms with van der Waals surface area (Å²) < 4.78 is 37.9. The van der Waals surface area contributed by atoms with Crippen molar-refractivity contribution >= 4 is 15.9 Å². The Balaban J connectivity index is 1.86. The number of carbonyl (C=O) groups is 1. The summed E-state index contributed by atoms with van der Waals surface area (Å²) in [5.74, 6) is 0.545. The van der Waals surface area contributed by atoms with Crippen LogP contribution in [0.1, 0.15) is 27.2 Å². The number of hydrogen-bond acceptors (Lipinski definition) is 5. The van der Waals surface area contributed by atoms with Crippen LogP contribution >= 0.6 is 0 Å². The van der Waals surface area contributed by atoms with Gasteiger partial charge in [0.05, 0.1) is 23.7 Å². The minimum absolute atomic E-state index is 0.00625. The monoisotopic (exact) mass is 370 g/mol. The van der Waals surface area contributed by atoms with Crippen molar-refractivity contribution in [1.82, 2.24) is 9.62 Å². The van der Waals surface area contributed by atoms with Crippen LogP contribution in [-0.2, 0) is 19.6 Å². The van der Waals surface area contributed by atoms with Crippen molar-refractivity contribution < 1.29 is 22.7 Å². The third-order valence-corrected chi connectivity index (χ3v) is 5.33. The van der Waals surface area contributed by atoms with Gasteiger partial charge in [-0.05, 0) is 45.0 Å². The lowest BCUT2D eigenvalue weighted by atomic mass is 10.2. The molecule has 0 saturated carbocycles. The van der Waals surface area contributed by atoms with Crippen molar-refractivity contribution in [2.24, 2.45) is 0 Å². The van der Waals surface area contributed by atoms with Crippen LogP contribution in [0.2, 0.25) is 0 Å². The molecule has 25 heavy (non-hydrogen) atoms. The Morgan fingerprint density at radius 2 is 1.84 bits per heavy atom. The molecule has 1 aliphatic heterocycles. The second-order valence-corrected chi connectivity index (χ2v) is 7.88. The minimum atomic E-state index is -3.64. The van der Waals surface area contributed by atoms with E-state index in [1.54, 1.807) is 17.0 Å². The topological polar surface area (TPSA) is 84.9 Å². The van der Waals surface area contributed by atoms with E-state index in [0.29, 0.717) is 25.4 Å². The maximum absolute atomic E-state index is 12.3.